The van der Waals surface area contributed by atoms with E-state index in [4.69, 9.17) is 0 Å². The van der Waals surface area contributed by atoms with E-state index >= 15 is 0 Å². The van der Waals surface area contributed by atoms with Crippen molar-refractivity contribution in [1.29, 1.82) is 0 Å². The third kappa shape index (κ3) is 5.17. The second-order valence-corrected chi connectivity index (χ2v) is 6.71. The lowest BCUT2D eigenvalue weighted by Crippen LogP contribution is -2.38. The fourth-order valence-corrected chi connectivity index (χ4v) is 3.09. The highest BCUT2D eigenvalue weighted by Crippen LogP contribution is 2.18. The Balaban J connectivity index is 1.46. The summed E-state index contributed by atoms with van der Waals surface area (Å²) in [7, 11) is 0. The van der Waals surface area contributed by atoms with Crippen molar-refractivity contribution >= 4 is 22.6 Å². The Morgan fingerprint density at radius 2 is 1.52 bits per heavy atom. The van der Waals surface area contributed by atoms with Crippen molar-refractivity contribution in [3.05, 3.63) is 83.9 Å². The lowest BCUT2D eigenvalue weighted by Gasteiger charge is -2.13. The molecule has 0 aliphatic carbocycles. The second kappa shape index (κ2) is 8.99. The molecule has 3 aromatic rings. The number of benzene rings is 3. The molecule has 0 saturated heterocycles. The number of carbonyl (C=O) groups is 2. The van der Waals surface area contributed by atoms with E-state index in [2.05, 4.69) is 17.6 Å². The first-order valence-corrected chi connectivity index (χ1v) is 9.18. The summed E-state index contributed by atoms with van der Waals surface area (Å²) in [6.07, 6.45) is 0.259. The molecule has 2 N–H and O–H groups in total. The SMILES string of the molecule is C[C@@H](CNC(=O)CNC(=O)Cc1cccc2ccccc12)c1ccccc1. The van der Waals surface area contributed by atoms with E-state index in [-0.39, 0.29) is 30.7 Å². The molecule has 2 amide bonds. The lowest BCUT2D eigenvalue weighted by atomic mass is 10.0. The van der Waals surface area contributed by atoms with Crippen LogP contribution in [0.2, 0.25) is 0 Å². The van der Waals surface area contributed by atoms with E-state index in [9.17, 15) is 9.59 Å². The van der Waals surface area contributed by atoms with Crippen LogP contribution < -0.4 is 10.6 Å². The van der Waals surface area contributed by atoms with Crippen LogP contribution in [0.1, 0.15) is 24.0 Å². The number of hydrogen-bond acceptors (Lipinski definition) is 2. The Hall–Kier alpha value is -3.14. The molecule has 4 heteroatoms. The van der Waals surface area contributed by atoms with Gasteiger partial charge in [0.2, 0.25) is 11.8 Å². The summed E-state index contributed by atoms with van der Waals surface area (Å²) < 4.78 is 0. The smallest absolute Gasteiger partial charge is 0.239 e. The molecule has 0 aliphatic rings. The summed E-state index contributed by atoms with van der Waals surface area (Å²) in [6.45, 7) is 2.60. The molecule has 0 fully saturated rings. The Kier molecular flexibility index (Phi) is 6.21. The van der Waals surface area contributed by atoms with Gasteiger partial charge >= 0.3 is 0 Å². The lowest BCUT2D eigenvalue weighted by molar-refractivity contribution is -0.125. The van der Waals surface area contributed by atoms with E-state index in [0.717, 1.165) is 16.3 Å². The van der Waals surface area contributed by atoms with Gasteiger partial charge in [0.15, 0.2) is 0 Å². The van der Waals surface area contributed by atoms with Crippen molar-refractivity contribution in [2.24, 2.45) is 0 Å². The van der Waals surface area contributed by atoms with Crippen molar-refractivity contribution in [1.82, 2.24) is 10.6 Å². The van der Waals surface area contributed by atoms with E-state index in [0.29, 0.717) is 6.54 Å². The zero-order valence-electron chi connectivity index (χ0n) is 15.4. The second-order valence-electron chi connectivity index (χ2n) is 6.71. The normalized spacial score (nSPS) is 11.7. The molecule has 3 aromatic carbocycles. The maximum atomic E-state index is 12.2. The molecule has 0 saturated carbocycles. The highest BCUT2D eigenvalue weighted by molar-refractivity contribution is 5.91. The van der Waals surface area contributed by atoms with Crippen molar-refractivity contribution in [3.63, 3.8) is 0 Å². The maximum Gasteiger partial charge on any atom is 0.239 e. The fraction of sp³-hybridized carbons (Fsp3) is 0.217. The van der Waals surface area contributed by atoms with Gasteiger partial charge in [-0.15, -0.1) is 0 Å². The van der Waals surface area contributed by atoms with Gasteiger partial charge in [0.1, 0.15) is 0 Å². The standard InChI is InChI=1S/C23H24N2O2/c1-17(18-8-3-2-4-9-18)15-24-23(27)16-25-22(26)14-20-12-7-11-19-10-5-6-13-21(19)20/h2-13,17H,14-16H2,1H3,(H,24,27)(H,25,26)/t17-/m0/s1. The van der Waals surface area contributed by atoms with Crippen LogP contribution in [0.4, 0.5) is 0 Å². The molecule has 0 aliphatic heterocycles. The molecule has 3 rings (SSSR count). The molecule has 27 heavy (non-hydrogen) atoms. The van der Waals surface area contributed by atoms with Gasteiger partial charge < -0.3 is 10.6 Å². The first-order chi connectivity index (χ1) is 13.1. The minimum absolute atomic E-state index is 0.00882. The molecular formula is C23H24N2O2. The summed E-state index contributed by atoms with van der Waals surface area (Å²) in [6, 6.07) is 23.9. The number of hydrogen-bond donors (Lipinski definition) is 2. The molecular weight excluding hydrogens is 336 g/mol. The molecule has 0 unspecified atom stereocenters. The van der Waals surface area contributed by atoms with Gasteiger partial charge in [0.25, 0.3) is 0 Å². The van der Waals surface area contributed by atoms with Gasteiger partial charge in [0, 0.05) is 6.54 Å². The van der Waals surface area contributed by atoms with Gasteiger partial charge in [-0.05, 0) is 27.8 Å². The van der Waals surface area contributed by atoms with Gasteiger partial charge in [-0.25, -0.2) is 0 Å². The van der Waals surface area contributed by atoms with Crippen LogP contribution in [0.15, 0.2) is 72.8 Å². The van der Waals surface area contributed by atoms with Crippen LogP contribution in [0, 0.1) is 0 Å². The highest BCUT2D eigenvalue weighted by atomic mass is 16.2. The van der Waals surface area contributed by atoms with Crippen LogP contribution >= 0.6 is 0 Å². The van der Waals surface area contributed by atoms with Crippen molar-refractivity contribution in [2.45, 2.75) is 19.3 Å². The average molecular weight is 360 g/mol. The van der Waals surface area contributed by atoms with E-state index in [1.165, 1.54) is 5.56 Å². The molecule has 4 nitrogen and oxygen atoms in total. The predicted octanol–water partition coefficient (Wildman–Crippen LogP) is 3.42. The third-order valence-corrected chi connectivity index (χ3v) is 4.65. The average Bonchev–Trinajstić information content (AvgIpc) is 2.71. The van der Waals surface area contributed by atoms with E-state index in [1.807, 2.05) is 72.8 Å². The van der Waals surface area contributed by atoms with Gasteiger partial charge in [-0.1, -0.05) is 79.7 Å². The monoisotopic (exact) mass is 360 g/mol. The van der Waals surface area contributed by atoms with Gasteiger partial charge in [-0.2, -0.15) is 0 Å². The first kappa shape index (κ1) is 18.6. The van der Waals surface area contributed by atoms with E-state index < -0.39 is 0 Å². The molecule has 0 heterocycles. The van der Waals surface area contributed by atoms with Crippen molar-refractivity contribution in [2.75, 3.05) is 13.1 Å². The van der Waals surface area contributed by atoms with Crippen LogP contribution in [-0.2, 0) is 16.0 Å². The van der Waals surface area contributed by atoms with Crippen LogP contribution in [0.25, 0.3) is 10.8 Å². The molecule has 0 radical (unpaired) electrons. The minimum atomic E-state index is -0.177. The summed E-state index contributed by atoms with van der Waals surface area (Å²) in [5, 5.41) is 7.76. The maximum absolute atomic E-state index is 12.2. The molecule has 0 aromatic heterocycles. The molecule has 0 spiro atoms. The zero-order valence-corrected chi connectivity index (χ0v) is 15.4. The molecule has 1 atom stereocenters. The van der Waals surface area contributed by atoms with Crippen molar-refractivity contribution in [3.8, 4) is 0 Å². The van der Waals surface area contributed by atoms with Crippen molar-refractivity contribution < 1.29 is 9.59 Å². The quantitative estimate of drug-likeness (QED) is 0.678. The summed E-state index contributed by atoms with van der Waals surface area (Å²) in [4.78, 5) is 24.3. The molecule has 138 valence electrons. The third-order valence-electron chi connectivity index (χ3n) is 4.65. The van der Waals surface area contributed by atoms with Crippen LogP contribution in [-0.4, -0.2) is 24.9 Å². The number of nitrogens with one attached hydrogen (secondary N) is 2. The fourth-order valence-electron chi connectivity index (χ4n) is 3.09. The Bertz CT molecular complexity index is 917. The number of carbonyl (C=O) groups excluding carboxylic acids is 2. The Morgan fingerprint density at radius 3 is 2.33 bits per heavy atom. The minimum Gasteiger partial charge on any atom is -0.354 e. The Labute approximate surface area is 159 Å². The summed E-state index contributed by atoms with van der Waals surface area (Å²) in [5.74, 6) is -0.108. The summed E-state index contributed by atoms with van der Waals surface area (Å²) >= 11 is 0. The predicted molar refractivity (Wildman–Crippen MR) is 109 cm³/mol. The van der Waals surface area contributed by atoms with Crippen LogP contribution in [0.3, 0.4) is 0 Å². The topological polar surface area (TPSA) is 58.2 Å². The van der Waals surface area contributed by atoms with Gasteiger partial charge in [0.05, 0.1) is 13.0 Å². The number of rotatable bonds is 7. The number of fused-ring (bicyclic) bond motifs is 1. The zero-order chi connectivity index (χ0) is 19.1. The van der Waals surface area contributed by atoms with Crippen LogP contribution in [0.5, 0.6) is 0 Å². The highest BCUT2D eigenvalue weighted by Gasteiger charge is 2.10. The largest absolute Gasteiger partial charge is 0.354 e. The first-order valence-electron chi connectivity index (χ1n) is 9.18. The Morgan fingerprint density at radius 1 is 0.815 bits per heavy atom. The molecule has 0 bridgehead atoms. The summed E-state index contributed by atoms with van der Waals surface area (Å²) in [5.41, 5.74) is 2.14. The van der Waals surface area contributed by atoms with E-state index in [1.54, 1.807) is 0 Å². The van der Waals surface area contributed by atoms with Gasteiger partial charge in [-0.3, -0.25) is 9.59 Å². The number of amides is 2.